The van der Waals surface area contributed by atoms with Crippen LogP contribution in [0.2, 0.25) is 0 Å². The lowest BCUT2D eigenvalue weighted by Crippen LogP contribution is -2.48. The number of aryl methyl sites for hydroxylation is 1. The number of rotatable bonds is 7. The normalized spacial score (nSPS) is 19.9. The summed E-state index contributed by atoms with van der Waals surface area (Å²) in [5.41, 5.74) is 1.15. The van der Waals surface area contributed by atoms with Gasteiger partial charge in [-0.1, -0.05) is 12.1 Å². The number of nitrogens with one attached hydrogen (secondary N) is 1. The van der Waals surface area contributed by atoms with E-state index in [2.05, 4.69) is 33.6 Å². The lowest BCUT2D eigenvalue weighted by molar-refractivity contribution is 0.0730. The van der Waals surface area contributed by atoms with Gasteiger partial charge in [-0.3, -0.25) is 9.69 Å². The minimum Gasteiger partial charge on any atom is -0.379 e. The van der Waals surface area contributed by atoms with Gasteiger partial charge in [-0.2, -0.15) is 4.31 Å². The Bertz CT molecular complexity index is 1040. The predicted molar refractivity (Wildman–Crippen MR) is 129 cm³/mol. The van der Waals surface area contributed by atoms with Gasteiger partial charge in [0.25, 0.3) is 5.91 Å². The van der Waals surface area contributed by atoms with Crippen molar-refractivity contribution in [1.29, 1.82) is 0 Å². The summed E-state index contributed by atoms with van der Waals surface area (Å²) in [6, 6.07) is 9.04. The summed E-state index contributed by atoms with van der Waals surface area (Å²) in [5, 5.41) is 5.14. The van der Waals surface area contributed by atoms with E-state index in [1.807, 2.05) is 13.0 Å². The maximum Gasteiger partial charge on any atom is 0.251 e. The van der Waals surface area contributed by atoms with Gasteiger partial charge < -0.3 is 15.0 Å². The first-order valence-electron chi connectivity index (χ1n) is 11.3. The first-order chi connectivity index (χ1) is 15.9. The highest BCUT2D eigenvalue weighted by Gasteiger charge is 2.28. The summed E-state index contributed by atoms with van der Waals surface area (Å²) in [4.78, 5) is 19.3. The number of carbonyl (C=O) groups excluding carboxylic acids is 1. The van der Waals surface area contributed by atoms with Crippen LogP contribution in [-0.2, 0) is 14.8 Å². The summed E-state index contributed by atoms with van der Waals surface area (Å²) >= 11 is 1.70. The van der Waals surface area contributed by atoms with Crippen molar-refractivity contribution in [3.8, 4) is 0 Å². The molecule has 2 aliphatic rings. The van der Waals surface area contributed by atoms with Crippen LogP contribution >= 0.6 is 11.3 Å². The van der Waals surface area contributed by atoms with Crippen LogP contribution in [-0.4, -0.2) is 94.5 Å². The standard InChI is InChI=1S/C23H32N4O4S2/c1-18-5-6-19(33(29,30)27-11-13-31-14-12-27)16-20(18)23(28)24-17-21(22-4-3-15-32-22)26-9-7-25(2)8-10-26/h3-6,15-16,21H,7-14,17H2,1-2H3,(H,24,28)/t21-/m0/s1. The second kappa shape index (κ2) is 10.6. The van der Waals surface area contributed by atoms with E-state index in [1.54, 1.807) is 23.5 Å². The topological polar surface area (TPSA) is 82.2 Å². The molecule has 180 valence electrons. The van der Waals surface area contributed by atoms with Gasteiger partial charge >= 0.3 is 0 Å². The number of hydrogen-bond donors (Lipinski definition) is 1. The Morgan fingerprint density at radius 3 is 2.52 bits per heavy atom. The van der Waals surface area contributed by atoms with Crippen LogP contribution < -0.4 is 5.32 Å². The van der Waals surface area contributed by atoms with E-state index in [0.717, 1.165) is 31.7 Å². The molecule has 0 unspecified atom stereocenters. The summed E-state index contributed by atoms with van der Waals surface area (Å²) in [6.45, 7) is 7.61. The van der Waals surface area contributed by atoms with E-state index in [9.17, 15) is 13.2 Å². The number of sulfonamides is 1. The van der Waals surface area contributed by atoms with Crippen LogP contribution in [0.25, 0.3) is 0 Å². The van der Waals surface area contributed by atoms with Crippen molar-refractivity contribution in [2.75, 3.05) is 66.1 Å². The van der Waals surface area contributed by atoms with Gasteiger partial charge in [0.1, 0.15) is 0 Å². The van der Waals surface area contributed by atoms with E-state index in [1.165, 1.54) is 15.2 Å². The molecule has 2 aliphatic heterocycles. The number of nitrogens with zero attached hydrogens (tertiary/aromatic N) is 3. The fourth-order valence-electron chi connectivity index (χ4n) is 4.25. The molecule has 0 saturated carbocycles. The van der Waals surface area contributed by atoms with Gasteiger partial charge in [0.2, 0.25) is 10.0 Å². The van der Waals surface area contributed by atoms with Crippen LogP contribution in [0.1, 0.15) is 26.8 Å². The second-order valence-corrected chi connectivity index (χ2v) is 11.5. The first-order valence-corrected chi connectivity index (χ1v) is 13.6. The van der Waals surface area contributed by atoms with E-state index in [4.69, 9.17) is 4.74 Å². The van der Waals surface area contributed by atoms with Crippen molar-refractivity contribution < 1.29 is 17.9 Å². The van der Waals surface area contributed by atoms with Crippen molar-refractivity contribution in [3.05, 3.63) is 51.7 Å². The zero-order valence-corrected chi connectivity index (χ0v) is 20.8. The third kappa shape index (κ3) is 5.64. The maximum absolute atomic E-state index is 13.2. The summed E-state index contributed by atoms with van der Waals surface area (Å²) in [7, 11) is -1.54. The van der Waals surface area contributed by atoms with Crippen LogP contribution in [0, 0.1) is 6.92 Å². The molecule has 33 heavy (non-hydrogen) atoms. The third-order valence-corrected chi connectivity index (χ3v) is 9.24. The lowest BCUT2D eigenvalue weighted by atomic mass is 10.1. The van der Waals surface area contributed by atoms with Crippen molar-refractivity contribution >= 4 is 27.3 Å². The van der Waals surface area contributed by atoms with Crippen molar-refractivity contribution in [2.24, 2.45) is 0 Å². The van der Waals surface area contributed by atoms with Crippen LogP contribution in [0.4, 0.5) is 0 Å². The fraction of sp³-hybridized carbons (Fsp3) is 0.522. The molecule has 1 aromatic heterocycles. The third-order valence-electron chi connectivity index (χ3n) is 6.37. The monoisotopic (exact) mass is 492 g/mol. The van der Waals surface area contributed by atoms with E-state index in [0.29, 0.717) is 38.4 Å². The SMILES string of the molecule is Cc1ccc(S(=O)(=O)N2CCOCC2)cc1C(=O)NC[C@@H](c1cccs1)N1CCN(C)CC1. The average Bonchev–Trinajstić information content (AvgIpc) is 3.35. The van der Waals surface area contributed by atoms with Crippen molar-refractivity contribution in [2.45, 2.75) is 17.9 Å². The zero-order valence-electron chi connectivity index (χ0n) is 19.2. The molecule has 3 heterocycles. The van der Waals surface area contributed by atoms with Gasteiger partial charge in [-0.05, 0) is 43.1 Å². The van der Waals surface area contributed by atoms with Gasteiger partial charge in [-0.15, -0.1) is 11.3 Å². The molecule has 2 fully saturated rings. The molecule has 0 radical (unpaired) electrons. The number of benzene rings is 1. The quantitative estimate of drug-likeness (QED) is 0.635. The lowest BCUT2D eigenvalue weighted by Gasteiger charge is -2.37. The van der Waals surface area contributed by atoms with E-state index < -0.39 is 10.0 Å². The molecule has 0 bridgehead atoms. The highest BCUT2D eigenvalue weighted by atomic mass is 32.2. The molecular formula is C23H32N4O4S2. The number of piperazine rings is 1. The van der Waals surface area contributed by atoms with Crippen LogP contribution in [0.3, 0.4) is 0 Å². The highest BCUT2D eigenvalue weighted by Crippen LogP contribution is 2.26. The minimum atomic E-state index is -3.66. The Balaban J connectivity index is 1.49. The Morgan fingerprint density at radius 1 is 1.12 bits per heavy atom. The number of carbonyl (C=O) groups is 1. The molecule has 2 aromatic rings. The molecule has 1 aromatic carbocycles. The number of morpholine rings is 1. The van der Waals surface area contributed by atoms with Crippen molar-refractivity contribution in [3.63, 3.8) is 0 Å². The molecule has 8 nitrogen and oxygen atoms in total. The number of amides is 1. The van der Waals surface area contributed by atoms with Gasteiger partial charge in [0, 0.05) is 56.3 Å². The number of ether oxygens (including phenoxy) is 1. The average molecular weight is 493 g/mol. The zero-order chi connectivity index (χ0) is 23.4. The van der Waals surface area contributed by atoms with E-state index in [-0.39, 0.29) is 16.8 Å². The van der Waals surface area contributed by atoms with Gasteiger partial charge in [0.05, 0.1) is 24.2 Å². The first kappa shape index (κ1) is 24.3. The van der Waals surface area contributed by atoms with Crippen LogP contribution in [0.5, 0.6) is 0 Å². The molecular weight excluding hydrogens is 460 g/mol. The summed E-state index contributed by atoms with van der Waals surface area (Å²) in [5.74, 6) is -0.248. The summed E-state index contributed by atoms with van der Waals surface area (Å²) in [6.07, 6.45) is 0. The van der Waals surface area contributed by atoms with Gasteiger partial charge in [0.15, 0.2) is 0 Å². The number of hydrogen-bond acceptors (Lipinski definition) is 7. The smallest absolute Gasteiger partial charge is 0.251 e. The maximum atomic E-state index is 13.2. The Kier molecular flexibility index (Phi) is 7.83. The molecule has 4 rings (SSSR count). The second-order valence-electron chi connectivity index (χ2n) is 8.57. The molecule has 1 atom stereocenters. The number of thiophene rings is 1. The van der Waals surface area contributed by atoms with Crippen LogP contribution in [0.15, 0.2) is 40.6 Å². The minimum absolute atomic E-state index is 0.100. The molecule has 1 N–H and O–H groups in total. The Hall–Kier alpha value is -1.82. The molecule has 0 aliphatic carbocycles. The fourth-order valence-corrected chi connectivity index (χ4v) is 6.55. The Morgan fingerprint density at radius 2 is 1.85 bits per heavy atom. The molecule has 0 spiro atoms. The van der Waals surface area contributed by atoms with Crippen molar-refractivity contribution in [1.82, 2.24) is 19.4 Å². The molecule has 1 amide bonds. The van der Waals surface area contributed by atoms with E-state index >= 15 is 0 Å². The summed E-state index contributed by atoms with van der Waals surface area (Å²) < 4.78 is 32.8. The van der Waals surface area contributed by atoms with Gasteiger partial charge in [-0.25, -0.2) is 8.42 Å². The molecule has 10 heteroatoms. The number of likely N-dealkylation sites (N-methyl/N-ethyl adjacent to an activating group) is 1. The largest absolute Gasteiger partial charge is 0.379 e. The predicted octanol–water partition coefficient (Wildman–Crippen LogP) is 1.80. The Labute approximate surface area is 200 Å². The molecule has 2 saturated heterocycles. The highest BCUT2D eigenvalue weighted by molar-refractivity contribution is 7.89.